The molecule has 5 atom stereocenters. The molecule has 0 rings (SSSR count). The molecule has 0 aromatic rings. The fraction of sp³-hybridized carbons (Fsp3) is 0.667. The maximum atomic E-state index is 12.3. The van der Waals surface area contributed by atoms with Crippen molar-refractivity contribution in [2.45, 2.75) is 57.0 Å². The molecule has 0 saturated heterocycles. The number of nitrogens with one attached hydrogen (secondary N) is 3. The summed E-state index contributed by atoms with van der Waals surface area (Å²) in [5.41, 5.74) is 5.48. The lowest BCUT2D eigenvalue weighted by Crippen LogP contribution is -2.57. The highest BCUT2D eigenvalue weighted by Gasteiger charge is 2.31. The van der Waals surface area contributed by atoms with E-state index in [9.17, 15) is 29.1 Å². The normalized spacial score (nSPS) is 16.0. The molecule has 8 N–H and O–H groups in total. The highest BCUT2D eigenvalue weighted by molar-refractivity contribution is 7.80. The molecular formula is C15H26N4O8S. The highest BCUT2D eigenvalue weighted by Crippen LogP contribution is 2.02. The van der Waals surface area contributed by atoms with E-state index in [4.69, 9.17) is 15.9 Å². The summed E-state index contributed by atoms with van der Waals surface area (Å²) in [6.45, 7) is 2.46. The van der Waals surface area contributed by atoms with Crippen LogP contribution in [-0.2, 0) is 24.0 Å². The number of carbonyl (C=O) groups is 5. The minimum absolute atomic E-state index is 0.0414. The van der Waals surface area contributed by atoms with Crippen LogP contribution in [0, 0.1) is 0 Å². The zero-order valence-corrected chi connectivity index (χ0v) is 16.3. The van der Waals surface area contributed by atoms with Crippen LogP contribution in [0.1, 0.15) is 26.7 Å². The number of amides is 3. The molecule has 0 fully saturated rings. The minimum Gasteiger partial charge on any atom is -0.481 e. The second kappa shape index (κ2) is 12.2. The number of rotatable bonds is 12. The maximum absolute atomic E-state index is 12.3. The molecule has 0 heterocycles. The molecule has 0 aliphatic rings. The Hall–Kier alpha value is -2.38. The number of aliphatic hydroxyl groups excluding tert-OH is 1. The van der Waals surface area contributed by atoms with Gasteiger partial charge in [-0.25, -0.2) is 4.79 Å². The molecular weight excluding hydrogens is 396 g/mol. The van der Waals surface area contributed by atoms with Gasteiger partial charge in [-0.15, -0.1) is 0 Å². The van der Waals surface area contributed by atoms with Gasteiger partial charge in [0, 0.05) is 12.2 Å². The fourth-order valence-electron chi connectivity index (χ4n) is 1.94. The lowest BCUT2D eigenvalue weighted by atomic mass is 10.1. The van der Waals surface area contributed by atoms with Gasteiger partial charge in [0.1, 0.15) is 12.1 Å². The van der Waals surface area contributed by atoms with Gasteiger partial charge in [0.25, 0.3) is 0 Å². The molecule has 0 spiro atoms. The third-order valence-corrected chi connectivity index (χ3v) is 4.00. The van der Waals surface area contributed by atoms with Crippen molar-refractivity contribution in [3.05, 3.63) is 0 Å². The predicted octanol–water partition coefficient (Wildman–Crippen LogP) is -2.95. The van der Waals surface area contributed by atoms with E-state index in [1.165, 1.54) is 6.92 Å². The van der Waals surface area contributed by atoms with Crippen LogP contribution in [0.15, 0.2) is 0 Å². The Bertz CT molecular complexity index is 601. The molecule has 0 aromatic heterocycles. The quantitative estimate of drug-likeness (QED) is 0.151. The summed E-state index contributed by atoms with van der Waals surface area (Å²) in [5.74, 6) is -5.15. The number of hydrogen-bond donors (Lipinski definition) is 8. The zero-order chi connectivity index (χ0) is 22.0. The lowest BCUT2D eigenvalue weighted by Gasteiger charge is -2.24. The standard InChI is InChI=1S/C15H26N4O8S/c1-6(17-13(24)8(16)5-28)12(23)18-9(3-4-10(21)22)14(25)19-11(7(2)20)15(26)27/h6-9,11,20,28H,3-5,16H2,1-2H3,(H,17,24)(H,18,23)(H,19,25)(H,21,22)(H,26,27). The number of carbonyl (C=O) groups excluding carboxylic acids is 3. The average Bonchev–Trinajstić information content (AvgIpc) is 2.60. The van der Waals surface area contributed by atoms with E-state index in [1.807, 2.05) is 5.32 Å². The third-order valence-electron chi connectivity index (χ3n) is 3.61. The van der Waals surface area contributed by atoms with Crippen LogP contribution in [0.25, 0.3) is 0 Å². The number of carboxylic acids is 2. The first-order valence-electron chi connectivity index (χ1n) is 8.30. The van der Waals surface area contributed by atoms with E-state index in [0.717, 1.165) is 6.92 Å². The first-order chi connectivity index (χ1) is 12.9. The number of thiol groups is 1. The van der Waals surface area contributed by atoms with Crippen molar-refractivity contribution in [1.82, 2.24) is 16.0 Å². The van der Waals surface area contributed by atoms with Gasteiger partial charge in [-0.1, -0.05) is 0 Å². The van der Waals surface area contributed by atoms with Crippen LogP contribution >= 0.6 is 12.6 Å². The van der Waals surface area contributed by atoms with Crippen molar-refractivity contribution in [3.8, 4) is 0 Å². The molecule has 0 radical (unpaired) electrons. The van der Waals surface area contributed by atoms with Crippen molar-refractivity contribution in [3.63, 3.8) is 0 Å². The highest BCUT2D eigenvalue weighted by atomic mass is 32.1. The zero-order valence-electron chi connectivity index (χ0n) is 15.4. The molecule has 0 aliphatic carbocycles. The van der Waals surface area contributed by atoms with E-state index >= 15 is 0 Å². The van der Waals surface area contributed by atoms with Gasteiger partial charge in [-0.3, -0.25) is 19.2 Å². The number of hydrogen-bond acceptors (Lipinski definition) is 8. The van der Waals surface area contributed by atoms with E-state index < -0.39 is 66.4 Å². The summed E-state index contributed by atoms with van der Waals surface area (Å²) in [6.07, 6.45) is -2.26. The van der Waals surface area contributed by atoms with Gasteiger partial charge in [-0.2, -0.15) is 12.6 Å². The molecule has 0 saturated carbocycles. The van der Waals surface area contributed by atoms with Crippen molar-refractivity contribution >= 4 is 42.3 Å². The first-order valence-corrected chi connectivity index (χ1v) is 8.94. The molecule has 12 nitrogen and oxygen atoms in total. The summed E-state index contributed by atoms with van der Waals surface area (Å²) >= 11 is 3.86. The fourth-order valence-corrected chi connectivity index (χ4v) is 2.11. The molecule has 13 heteroatoms. The molecule has 0 aliphatic heterocycles. The van der Waals surface area contributed by atoms with Gasteiger partial charge in [0.2, 0.25) is 17.7 Å². The third kappa shape index (κ3) is 9.01. The summed E-state index contributed by atoms with van der Waals surface area (Å²) in [4.78, 5) is 58.1. The van der Waals surface area contributed by atoms with Crippen LogP contribution in [0.5, 0.6) is 0 Å². The van der Waals surface area contributed by atoms with Gasteiger partial charge in [0.05, 0.1) is 12.1 Å². The molecule has 5 unspecified atom stereocenters. The molecule has 160 valence electrons. The van der Waals surface area contributed by atoms with Crippen LogP contribution in [0.2, 0.25) is 0 Å². The molecule has 3 amide bonds. The van der Waals surface area contributed by atoms with Gasteiger partial charge >= 0.3 is 11.9 Å². The topological polar surface area (TPSA) is 208 Å². The van der Waals surface area contributed by atoms with Crippen molar-refractivity contribution < 1.29 is 39.3 Å². The Balaban J connectivity index is 5.15. The Morgan fingerprint density at radius 2 is 1.54 bits per heavy atom. The second-order valence-electron chi connectivity index (χ2n) is 6.08. The number of nitrogens with two attached hydrogens (primary N) is 1. The summed E-state index contributed by atoms with van der Waals surface area (Å²) < 4.78 is 0. The monoisotopic (exact) mass is 422 g/mol. The summed E-state index contributed by atoms with van der Waals surface area (Å²) in [7, 11) is 0. The summed E-state index contributed by atoms with van der Waals surface area (Å²) in [6, 6.07) is -5.11. The predicted molar refractivity (Wildman–Crippen MR) is 99.5 cm³/mol. The van der Waals surface area contributed by atoms with Gasteiger partial charge in [0.15, 0.2) is 6.04 Å². The molecule has 0 bridgehead atoms. The van der Waals surface area contributed by atoms with Crippen molar-refractivity contribution in [1.29, 1.82) is 0 Å². The molecule has 28 heavy (non-hydrogen) atoms. The van der Waals surface area contributed by atoms with Crippen LogP contribution in [0.4, 0.5) is 0 Å². The van der Waals surface area contributed by atoms with Crippen LogP contribution in [-0.4, -0.2) is 81.0 Å². The first kappa shape index (κ1) is 25.6. The number of carboxylic acid groups (broad SMARTS) is 2. The van der Waals surface area contributed by atoms with Crippen molar-refractivity contribution in [2.75, 3.05) is 5.75 Å². The van der Waals surface area contributed by atoms with Gasteiger partial charge in [-0.05, 0) is 20.3 Å². The van der Waals surface area contributed by atoms with Crippen LogP contribution in [0.3, 0.4) is 0 Å². The van der Waals surface area contributed by atoms with E-state index in [1.54, 1.807) is 0 Å². The Labute approximate surface area is 166 Å². The Morgan fingerprint density at radius 3 is 1.96 bits per heavy atom. The minimum atomic E-state index is -1.65. The van der Waals surface area contributed by atoms with E-state index in [2.05, 4.69) is 23.3 Å². The SMILES string of the molecule is CC(NC(=O)C(N)CS)C(=O)NC(CCC(=O)O)C(=O)NC(C(=O)O)C(C)O. The smallest absolute Gasteiger partial charge is 0.328 e. The maximum Gasteiger partial charge on any atom is 0.328 e. The lowest BCUT2D eigenvalue weighted by molar-refractivity contribution is -0.145. The molecule has 0 aromatic carbocycles. The summed E-state index contributed by atoms with van der Waals surface area (Å²) in [5, 5.41) is 33.8. The van der Waals surface area contributed by atoms with E-state index in [0.29, 0.717) is 0 Å². The van der Waals surface area contributed by atoms with E-state index in [-0.39, 0.29) is 12.2 Å². The number of aliphatic hydroxyl groups is 1. The second-order valence-corrected chi connectivity index (χ2v) is 6.44. The number of aliphatic carboxylic acids is 2. The van der Waals surface area contributed by atoms with Gasteiger partial charge < -0.3 is 37.0 Å². The van der Waals surface area contributed by atoms with Crippen molar-refractivity contribution in [2.24, 2.45) is 5.73 Å². The van der Waals surface area contributed by atoms with Crippen LogP contribution < -0.4 is 21.7 Å². The Morgan fingerprint density at radius 1 is 0.964 bits per heavy atom. The Kier molecular flexibility index (Phi) is 11.1. The average molecular weight is 422 g/mol. The largest absolute Gasteiger partial charge is 0.481 e.